The lowest BCUT2D eigenvalue weighted by molar-refractivity contribution is -0.111. The van der Waals surface area contributed by atoms with Crippen molar-refractivity contribution in [2.45, 2.75) is 6.92 Å². The fraction of sp³-hybridized carbons (Fsp3) is 0.250. The van der Waals surface area contributed by atoms with E-state index >= 15 is 0 Å². The van der Waals surface area contributed by atoms with E-state index in [1.54, 1.807) is 12.3 Å². The van der Waals surface area contributed by atoms with Crippen LogP contribution in [-0.2, 0) is 9.53 Å². The summed E-state index contributed by atoms with van der Waals surface area (Å²) in [6, 6.07) is 5.63. The minimum absolute atomic E-state index is 0.244. The van der Waals surface area contributed by atoms with Gasteiger partial charge in [0.2, 0.25) is 5.91 Å². The van der Waals surface area contributed by atoms with Crippen LogP contribution in [0.15, 0.2) is 41.1 Å². The van der Waals surface area contributed by atoms with Gasteiger partial charge in [-0.25, -0.2) is 0 Å². The minimum Gasteiger partial charge on any atom is -0.491 e. The van der Waals surface area contributed by atoms with Crippen LogP contribution in [0.3, 0.4) is 0 Å². The van der Waals surface area contributed by atoms with Gasteiger partial charge >= 0.3 is 0 Å². The summed E-state index contributed by atoms with van der Waals surface area (Å²) < 4.78 is 11.8. The van der Waals surface area contributed by atoms with E-state index < -0.39 is 0 Å². The number of aromatic amines is 1. The molecule has 0 atom stereocenters. The second-order valence-corrected chi connectivity index (χ2v) is 5.45. The molecule has 1 aromatic carbocycles. The van der Waals surface area contributed by atoms with E-state index in [0.717, 1.165) is 10.0 Å². The van der Waals surface area contributed by atoms with Crippen LogP contribution in [0.5, 0.6) is 5.75 Å². The molecule has 1 heterocycles. The number of ether oxygens (including phenoxy) is 2. The lowest BCUT2D eigenvalue weighted by atomic mass is 10.2. The van der Waals surface area contributed by atoms with Crippen LogP contribution < -0.4 is 10.1 Å². The van der Waals surface area contributed by atoms with Gasteiger partial charge in [0, 0.05) is 28.9 Å². The van der Waals surface area contributed by atoms with Crippen molar-refractivity contribution in [3.63, 3.8) is 0 Å². The number of rotatable bonds is 8. The highest BCUT2D eigenvalue weighted by atomic mass is 79.9. The average Bonchev–Trinajstić information content (AvgIpc) is 3.04. The summed E-state index contributed by atoms with van der Waals surface area (Å²) in [7, 11) is 0. The average molecular weight is 380 g/mol. The molecule has 0 saturated carbocycles. The Kier molecular flexibility index (Phi) is 6.83. The molecule has 1 aromatic heterocycles. The predicted octanol–water partition coefficient (Wildman–Crippen LogP) is 3.24. The van der Waals surface area contributed by atoms with Crippen molar-refractivity contribution in [1.29, 1.82) is 0 Å². The predicted molar refractivity (Wildman–Crippen MR) is 92.4 cm³/mol. The van der Waals surface area contributed by atoms with Crippen LogP contribution in [0.2, 0.25) is 0 Å². The van der Waals surface area contributed by atoms with Crippen molar-refractivity contribution in [1.82, 2.24) is 10.2 Å². The Hall–Kier alpha value is -2.12. The molecule has 0 fully saturated rings. The van der Waals surface area contributed by atoms with Gasteiger partial charge in [-0.2, -0.15) is 5.10 Å². The number of anilines is 1. The molecule has 122 valence electrons. The summed E-state index contributed by atoms with van der Waals surface area (Å²) in [5.74, 6) is 0.451. The van der Waals surface area contributed by atoms with Gasteiger partial charge in [0.1, 0.15) is 12.4 Å². The highest BCUT2D eigenvalue weighted by molar-refractivity contribution is 9.10. The quantitative estimate of drug-likeness (QED) is 0.545. The normalized spacial score (nSPS) is 10.9. The Bertz CT molecular complexity index is 657. The first kappa shape index (κ1) is 17.2. The van der Waals surface area contributed by atoms with Crippen molar-refractivity contribution in [2.75, 3.05) is 25.1 Å². The molecule has 2 N–H and O–H groups in total. The largest absolute Gasteiger partial charge is 0.491 e. The standard InChI is InChI=1S/C16H18BrN3O3/c1-2-22-7-8-23-15-5-4-13(17)9-12(15)3-6-16(21)20-14-10-18-19-11-14/h3-6,9-11H,2,7-8H2,1H3,(H,18,19)(H,20,21)/b6-3+. The summed E-state index contributed by atoms with van der Waals surface area (Å²) in [4.78, 5) is 11.9. The monoisotopic (exact) mass is 379 g/mol. The van der Waals surface area contributed by atoms with Crippen LogP contribution in [0.1, 0.15) is 12.5 Å². The lowest BCUT2D eigenvalue weighted by Gasteiger charge is -2.09. The molecule has 0 spiro atoms. The van der Waals surface area contributed by atoms with E-state index in [1.807, 2.05) is 25.1 Å². The Morgan fingerprint density at radius 3 is 3.04 bits per heavy atom. The molecule has 0 aliphatic carbocycles. The van der Waals surface area contributed by atoms with Crippen LogP contribution in [0.4, 0.5) is 5.69 Å². The number of carbonyl (C=O) groups excluding carboxylic acids is 1. The van der Waals surface area contributed by atoms with Crippen LogP contribution in [0.25, 0.3) is 6.08 Å². The number of benzene rings is 1. The zero-order chi connectivity index (χ0) is 16.5. The van der Waals surface area contributed by atoms with E-state index in [9.17, 15) is 4.79 Å². The molecule has 0 bridgehead atoms. The molecule has 7 heteroatoms. The molecule has 0 radical (unpaired) electrons. The number of amides is 1. The van der Waals surface area contributed by atoms with Crippen LogP contribution >= 0.6 is 15.9 Å². The highest BCUT2D eigenvalue weighted by Gasteiger charge is 2.04. The van der Waals surface area contributed by atoms with Gasteiger partial charge in [0.05, 0.1) is 18.5 Å². The van der Waals surface area contributed by atoms with Gasteiger partial charge in [0.25, 0.3) is 0 Å². The molecule has 0 saturated heterocycles. The highest BCUT2D eigenvalue weighted by Crippen LogP contribution is 2.24. The molecular formula is C16H18BrN3O3. The number of hydrogen-bond donors (Lipinski definition) is 2. The first-order chi connectivity index (χ1) is 11.2. The zero-order valence-electron chi connectivity index (χ0n) is 12.7. The van der Waals surface area contributed by atoms with E-state index in [1.165, 1.54) is 12.3 Å². The fourth-order valence-electron chi connectivity index (χ4n) is 1.80. The van der Waals surface area contributed by atoms with Gasteiger partial charge in [-0.05, 0) is 31.2 Å². The number of halogens is 1. The van der Waals surface area contributed by atoms with E-state index in [2.05, 4.69) is 31.4 Å². The molecular weight excluding hydrogens is 362 g/mol. The Morgan fingerprint density at radius 2 is 2.30 bits per heavy atom. The number of nitrogens with zero attached hydrogens (tertiary/aromatic N) is 1. The first-order valence-electron chi connectivity index (χ1n) is 7.17. The molecule has 2 rings (SSSR count). The van der Waals surface area contributed by atoms with Crippen molar-refractivity contribution < 1.29 is 14.3 Å². The number of aromatic nitrogens is 2. The molecule has 0 aliphatic rings. The maximum atomic E-state index is 11.9. The van der Waals surface area contributed by atoms with Crippen LogP contribution in [0, 0.1) is 0 Å². The third kappa shape index (κ3) is 5.88. The summed E-state index contributed by atoms with van der Waals surface area (Å²) in [6.45, 7) is 3.57. The Morgan fingerprint density at radius 1 is 1.43 bits per heavy atom. The van der Waals surface area contributed by atoms with Crippen molar-refractivity contribution in [3.8, 4) is 5.75 Å². The molecule has 6 nitrogen and oxygen atoms in total. The van der Waals surface area contributed by atoms with E-state index in [0.29, 0.717) is 31.3 Å². The topological polar surface area (TPSA) is 76.2 Å². The maximum absolute atomic E-state index is 11.9. The van der Waals surface area contributed by atoms with E-state index in [-0.39, 0.29) is 5.91 Å². The summed E-state index contributed by atoms with van der Waals surface area (Å²) in [5.41, 5.74) is 1.42. The summed E-state index contributed by atoms with van der Waals surface area (Å²) >= 11 is 3.42. The van der Waals surface area contributed by atoms with Gasteiger partial charge in [0.15, 0.2) is 0 Å². The number of nitrogens with one attached hydrogen (secondary N) is 2. The molecule has 23 heavy (non-hydrogen) atoms. The van der Waals surface area contributed by atoms with Gasteiger partial charge in [-0.15, -0.1) is 0 Å². The molecule has 1 amide bonds. The summed E-state index contributed by atoms with van der Waals surface area (Å²) in [5, 5.41) is 9.09. The number of carbonyl (C=O) groups is 1. The van der Waals surface area contributed by atoms with Gasteiger partial charge in [-0.1, -0.05) is 15.9 Å². The van der Waals surface area contributed by atoms with Gasteiger partial charge in [-0.3, -0.25) is 9.89 Å². The SMILES string of the molecule is CCOCCOc1ccc(Br)cc1/C=C/C(=O)Nc1cn[nH]c1. The third-order valence-electron chi connectivity index (χ3n) is 2.84. The van der Waals surface area contributed by atoms with Crippen LogP contribution in [-0.4, -0.2) is 35.9 Å². The fourth-order valence-corrected chi connectivity index (χ4v) is 2.18. The van der Waals surface area contributed by atoms with Crippen molar-refractivity contribution in [2.24, 2.45) is 0 Å². The van der Waals surface area contributed by atoms with E-state index in [4.69, 9.17) is 9.47 Å². The number of H-pyrrole nitrogens is 1. The molecule has 0 aliphatic heterocycles. The second-order valence-electron chi connectivity index (χ2n) is 4.54. The summed E-state index contributed by atoms with van der Waals surface area (Å²) in [6.07, 6.45) is 6.29. The lowest BCUT2D eigenvalue weighted by Crippen LogP contribution is -2.08. The third-order valence-corrected chi connectivity index (χ3v) is 3.33. The van der Waals surface area contributed by atoms with Gasteiger partial charge < -0.3 is 14.8 Å². The minimum atomic E-state index is -0.244. The zero-order valence-corrected chi connectivity index (χ0v) is 14.3. The van der Waals surface area contributed by atoms with Crippen molar-refractivity contribution >= 4 is 33.6 Å². The van der Waals surface area contributed by atoms with Crippen molar-refractivity contribution in [3.05, 3.63) is 46.7 Å². The maximum Gasteiger partial charge on any atom is 0.248 e. The Labute approximate surface area is 143 Å². The smallest absolute Gasteiger partial charge is 0.248 e. The Balaban J connectivity index is 2.00. The number of hydrogen-bond acceptors (Lipinski definition) is 4. The first-order valence-corrected chi connectivity index (χ1v) is 7.96. The molecule has 2 aromatic rings. The second kappa shape index (κ2) is 9.12. The molecule has 0 unspecified atom stereocenters.